The van der Waals surface area contributed by atoms with Gasteiger partial charge in [0.2, 0.25) is 5.91 Å². The van der Waals surface area contributed by atoms with Gasteiger partial charge in [0.1, 0.15) is 13.2 Å². The van der Waals surface area contributed by atoms with Crippen LogP contribution in [0.15, 0.2) is 0 Å². The predicted molar refractivity (Wildman–Crippen MR) is 120 cm³/mol. The van der Waals surface area contributed by atoms with Gasteiger partial charge < -0.3 is 24.3 Å². The molecule has 188 valence electrons. The Bertz CT molecular complexity index is 712. The van der Waals surface area contributed by atoms with E-state index in [4.69, 9.17) is 18.9 Å². The van der Waals surface area contributed by atoms with E-state index in [2.05, 4.69) is 19.2 Å². The Morgan fingerprint density at radius 1 is 0.788 bits per heavy atom. The summed E-state index contributed by atoms with van der Waals surface area (Å²) >= 11 is 1.24. The average molecular weight is 490 g/mol. The summed E-state index contributed by atoms with van der Waals surface area (Å²) in [7, 11) is 0. The second-order valence-electron chi connectivity index (χ2n) is 8.35. The number of thioether (sulfide) groups is 1. The third-order valence-corrected chi connectivity index (χ3v) is 6.35. The highest BCUT2D eigenvalue weighted by Gasteiger charge is 2.50. The smallest absolute Gasteiger partial charge is 0.303 e. The largest absolute Gasteiger partial charge is 0.465 e. The lowest BCUT2D eigenvalue weighted by Gasteiger charge is -2.44. The SMILES string of the molecule is CC(=O)OCC1SC(COC(C)=O)C(OC(C)=O)C(OC(C)=O)C1NC(=O)CCCC(C)C. The molecule has 1 saturated heterocycles. The molecule has 0 bridgehead atoms. The average Bonchev–Trinajstić information content (AvgIpc) is 2.67. The van der Waals surface area contributed by atoms with Gasteiger partial charge in [0.05, 0.1) is 16.5 Å². The molecule has 1 aliphatic rings. The lowest BCUT2D eigenvalue weighted by Crippen LogP contribution is -2.63. The highest BCUT2D eigenvalue weighted by molar-refractivity contribution is 8.00. The third-order valence-electron chi connectivity index (χ3n) is 4.81. The van der Waals surface area contributed by atoms with Crippen molar-refractivity contribution in [1.29, 1.82) is 0 Å². The number of amides is 1. The van der Waals surface area contributed by atoms with E-state index < -0.39 is 52.6 Å². The normalized spacial score (nSPS) is 24.5. The van der Waals surface area contributed by atoms with Crippen LogP contribution in [0, 0.1) is 5.92 Å². The minimum Gasteiger partial charge on any atom is -0.465 e. The van der Waals surface area contributed by atoms with Crippen LogP contribution >= 0.6 is 11.8 Å². The van der Waals surface area contributed by atoms with E-state index in [1.54, 1.807) is 0 Å². The Hall–Kier alpha value is -2.30. The molecule has 1 N–H and O–H groups in total. The molecule has 0 aromatic rings. The van der Waals surface area contributed by atoms with E-state index in [1.807, 2.05) is 0 Å². The van der Waals surface area contributed by atoms with Crippen LogP contribution in [0.2, 0.25) is 0 Å². The molecular formula is C22H35NO9S. The van der Waals surface area contributed by atoms with Gasteiger partial charge in [-0.15, -0.1) is 11.8 Å². The van der Waals surface area contributed by atoms with Crippen molar-refractivity contribution < 1.29 is 42.9 Å². The second-order valence-corrected chi connectivity index (χ2v) is 9.83. The molecule has 10 nitrogen and oxygen atoms in total. The maximum Gasteiger partial charge on any atom is 0.303 e. The van der Waals surface area contributed by atoms with Crippen LogP contribution in [0.5, 0.6) is 0 Å². The Labute approximate surface area is 198 Å². The molecule has 0 aromatic carbocycles. The van der Waals surface area contributed by atoms with Crippen LogP contribution in [0.25, 0.3) is 0 Å². The number of carbonyl (C=O) groups excluding carboxylic acids is 5. The number of ether oxygens (including phenoxy) is 4. The molecule has 1 rings (SSSR count). The van der Waals surface area contributed by atoms with Crippen molar-refractivity contribution in [2.24, 2.45) is 5.92 Å². The molecule has 0 radical (unpaired) electrons. The van der Waals surface area contributed by atoms with Gasteiger partial charge in [0.25, 0.3) is 0 Å². The van der Waals surface area contributed by atoms with Crippen LogP contribution in [0.4, 0.5) is 0 Å². The van der Waals surface area contributed by atoms with E-state index in [0.717, 1.165) is 6.42 Å². The summed E-state index contributed by atoms with van der Waals surface area (Å²) < 4.78 is 21.3. The molecular weight excluding hydrogens is 454 g/mol. The number of rotatable bonds is 11. The van der Waals surface area contributed by atoms with Gasteiger partial charge in [-0.25, -0.2) is 0 Å². The van der Waals surface area contributed by atoms with Crippen LogP contribution in [0.3, 0.4) is 0 Å². The Kier molecular flexibility index (Phi) is 12.2. The van der Waals surface area contributed by atoms with Crippen LogP contribution in [-0.4, -0.2) is 71.7 Å². The third kappa shape index (κ3) is 10.9. The first-order chi connectivity index (χ1) is 15.4. The van der Waals surface area contributed by atoms with E-state index in [-0.39, 0.29) is 25.5 Å². The van der Waals surface area contributed by atoms with E-state index in [1.165, 1.54) is 39.5 Å². The monoisotopic (exact) mass is 489 g/mol. The van der Waals surface area contributed by atoms with Crippen molar-refractivity contribution in [3.63, 3.8) is 0 Å². The molecule has 5 atom stereocenters. The van der Waals surface area contributed by atoms with Gasteiger partial charge in [-0.05, 0) is 12.3 Å². The predicted octanol–water partition coefficient (Wildman–Crippen LogP) is 1.77. The van der Waals surface area contributed by atoms with Gasteiger partial charge in [0.15, 0.2) is 12.2 Å². The maximum absolute atomic E-state index is 12.7. The van der Waals surface area contributed by atoms with Crippen LogP contribution < -0.4 is 5.32 Å². The zero-order valence-electron chi connectivity index (χ0n) is 20.1. The zero-order chi connectivity index (χ0) is 25.1. The summed E-state index contributed by atoms with van der Waals surface area (Å²) in [5.41, 5.74) is 0. The van der Waals surface area contributed by atoms with Gasteiger partial charge >= 0.3 is 23.9 Å². The van der Waals surface area contributed by atoms with Crippen molar-refractivity contribution in [3.05, 3.63) is 0 Å². The molecule has 1 heterocycles. The van der Waals surface area contributed by atoms with Gasteiger partial charge in [0, 0.05) is 34.1 Å². The molecule has 1 amide bonds. The summed E-state index contributed by atoms with van der Waals surface area (Å²) in [6.07, 6.45) is -0.245. The Morgan fingerprint density at radius 3 is 1.79 bits per heavy atom. The molecule has 33 heavy (non-hydrogen) atoms. The molecule has 0 aromatic heterocycles. The quantitative estimate of drug-likeness (QED) is 0.338. The van der Waals surface area contributed by atoms with E-state index in [9.17, 15) is 24.0 Å². The van der Waals surface area contributed by atoms with Crippen LogP contribution in [-0.2, 0) is 42.9 Å². The van der Waals surface area contributed by atoms with Crippen molar-refractivity contribution in [2.45, 2.75) is 89.6 Å². The number of carbonyl (C=O) groups is 5. The fourth-order valence-electron chi connectivity index (χ4n) is 3.46. The molecule has 0 saturated carbocycles. The van der Waals surface area contributed by atoms with Gasteiger partial charge in [-0.2, -0.15) is 0 Å². The summed E-state index contributed by atoms with van der Waals surface area (Å²) in [6, 6.07) is -0.803. The van der Waals surface area contributed by atoms with Crippen molar-refractivity contribution in [3.8, 4) is 0 Å². The Morgan fingerprint density at radius 2 is 1.30 bits per heavy atom. The molecule has 1 fully saturated rings. The van der Waals surface area contributed by atoms with E-state index in [0.29, 0.717) is 12.3 Å². The molecule has 0 spiro atoms. The lowest BCUT2D eigenvalue weighted by atomic mass is 9.97. The van der Waals surface area contributed by atoms with Crippen molar-refractivity contribution >= 4 is 41.5 Å². The number of nitrogens with one attached hydrogen (secondary N) is 1. The van der Waals surface area contributed by atoms with Gasteiger partial charge in [-0.3, -0.25) is 24.0 Å². The molecule has 1 aliphatic heterocycles. The zero-order valence-corrected chi connectivity index (χ0v) is 20.9. The summed E-state index contributed by atoms with van der Waals surface area (Å²) in [6.45, 7) is 8.84. The Balaban J connectivity index is 3.23. The summed E-state index contributed by atoms with van der Waals surface area (Å²) in [4.78, 5) is 59.2. The number of esters is 4. The topological polar surface area (TPSA) is 134 Å². The first-order valence-electron chi connectivity index (χ1n) is 11.0. The molecule has 11 heteroatoms. The summed E-state index contributed by atoms with van der Waals surface area (Å²) in [5, 5.41) is 1.73. The first kappa shape index (κ1) is 28.7. The fourth-order valence-corrected chi connectivity index (χ4v) is 4.96. The highest BCUT2D eigenvalue weighted by Crippen LogP contribution is 2.37. The highest BCUT2D eigenvalue weighted by atomic mass is 32.2. The lowest BCUT2D eigenvalue weighted by molar-refractivity contribution is -0.171. The molecule has 0 aliphatic carbocycles. The summed E-state index contributed by atoms with van der Waals surface area (Å²) in [5.74, 6) is -2.11. The standard InChI is InChI=1S/C22H35NO9S/c1-12(2)8-7-9-19(28)23-20-17(10-29-13(3)24)33-18(11-30-14(4)25)21(31-15(5)26)22(20)32-16(6)27/h12,17-18,20-22H,7-11H2,1-6H3,(H,23,28). The number of hydrogen-bond donors (Lipinski definition) is 1. The van der Waals surface area contributed by atoms with Crippen molar-refractivity contribution in [2.75, 3.05) is 13.2 Å². The minimum absolute atomic E-state index is 0.0852. The molecule has 5 unspecified atom stereocenters. The van der Waals surface area contributed by atoms with Gasteiger partial charge in [-0.1, -0.05) is 20.3 Å². The van der Waals surface area contributed by atoms with Crippen LogP contribution in [0.1, 0.15) is 60.8 Å². The minimum atomic E-state index is -1.07. The second kappa shape index (κ2) is 14.1. The number of hydrogen-bond acceptors (Lipinski definition) is 10. The van der Waals surface area contributed by atoms with E-state index >= 15 is 0 Å². The first-order valence-corrected chi connectivity index (χ1v) is 11.9. The fraction of sp³-hybridized carbons (Fsp3) is 0.773. The maximum atomic E-state index is 12.7. The van der Waals surface area contributed by atoms with Crippen molar-refractivity contribution in [1.82, 2.24) is 5.32 Å².